The van der Waals surface area contributed by atoms with E-state index in [0.717, 1.165) is 9.35 Å². The highest BCUT2D eigenvalue weighted by Crippen LogP contribution is 2.21. The molecule has 1 amide bonds. The van der Waals surface area contributed by atoms with Gasteiger partial charge in [0.25, 0.3) is 5.91 Å². The number of carbonyl (C=O) groups excluding carboxylic acids is 1. The van der Waals surface area contributed by atoms with Crippen LogP contribution in [0.3, 0.4) is 0 Å². The quantitative estimate of drug-likeness (QED) is 0.377. The Morgan fingerprint density at radius 3 is 2.52 bits per heavy atom. The number of amides is 1. The van der Waals surface area contributed by atoms with Crippen LogP contribution in [-0.2, 0) is 6.54 Å². The van der Waals surface area contributed by atoms with E-state index in [1.165, 1.54) is 0 Å². The Kier molecular flexibility index (Phi) is 4.98. The lowest BCUT2D eigenvalue weighted by atomic mass is 10.1. The lowest BCUT2D eigenvalue weighted by Gasteiger charge is -2.16. The fourth-order valence-corrected chi connectivity index (χ4v) is 3.31. The lowest BCUT2D eigenvalue weighted by Crippen LogP contribution is -2.25. The number of hydrogen-bond donors (Lipinski definition) is 2. The van der Waals surface area contributed by atoms with Gasteiger partial charge in [-0.15, -0.1) is 11.3 Å². The van der Waals surface area contributed by atoms with Gasteiger partial charge in [-0.1, -0.05) is 17.3 Å². The molecule has 0 saturated carbocycles. The van der Waals surface area contributed by atoms with E-state index in [4.69, 9.17) is 10.9 Å². The maximum Gasteiger partial charge on any atom is 0.253 e. The van der Waals surface area contributed by atoms with Crippen molar-refractivity contribution in [3.63, 3.8) is 0 Å². The molecule has 1 aromatic heterocycles. The first kappa shape index (κ1) is 15.5. The van der Waals surface area contributed by atoms with Crippen LogP contribution in [0.15, 0.2) is 45.3 Å². The zero-order chi connectivity index (χ0) is 15.4. The minimum atomic E-state index is -0.0782. The second-order valence-electron chi connectivity index (χ2n) is 4.46. The van der Waals surface area contributed by atoms with Crippen molar-refractivity contribution in [3.8, 4) is 0 Å². The van der Waals surface area contributed by atoms with Gasteiger partial charge in [-0.25, -0.2) is 0 Å². The van der Waals surface area contributed by atoms with Crippen LogP contribution in [0.2, 0.25) is 0 Å². The van der Waals surface area contributed by atoms with E-state index in [1.807, 2.05) is 11.4 Å². The summed E-state index contributed by atoms with van der Waals surface area (Å²) in [5.74, 6) is -0.0589. The average molecular weight is 368 g/mol. The van der Waals surface area contributed by atoms with E-state index in [2.05, 4.69) is 21.1 Å². The molecular weight excluding hydrogens is 354 g/mol. The lowest BCUT2D eigenvalue weighted by molar-refractivity contribution is 0.0786. The van der Waals surface area contributed by atoms with Crippen molar-refractivity contribution in [1.82, 2.24) is 4.90 Å². The van der Waals surface area contributed by atoms with E-state index < -0.39 is 0 Å². The molecular formula is C14H14BrN3O2S. The van der Waals surface area contributed by atoms with Gasteiger partial charge in [0.2, 0.25) is 0 Å². The maximum absolute atomic E-state index is 12.3. The Labute approximate surface area is 134 Å². The van der Waals surface area contributed by atoms with Gasteiger partial charge in [0, 0.05) is 32.9 Å². The minimum Gasteiger partial charge on any atom is -0.409 e. The summed E-state index contributed by atoms with van der Waals surface area (Å²) in [6.07, 6.45) is 0. The molecule has 0 fully saturated rings. The molecule has 0 bridgehead atoms. The molecule has 0 atom stereocenters. The number of hydrogen-bond acceptors (Lipinski definition) is 4. The van der Waals surface area contributed by atoms with Crippen molar-refractivity contribution >= 4 is 39.0 Å². The minimum absolute atomic E-state index is 0.0192. The molecule has 0 aliphatic rings. The Hall–Kier alpha value is -1.86. The van der Waals surface area contributed by atoms with Crippen LogP contribution >= 0.6 is 27.3 Å². The number of oxime groups is 1. The highest BCUT2D eigenvalue weighted by Gasteiger charge is 2.13. The Morgan fingerprint density at radius 2 is 2.00 bits per heavy atom. The Balaban J connectivity index is 2.08. The smallest absolute Gasteiger partial charge is 0.253 e. The summed E-state index contributed by atoms with van der Waals surface area (Å²) in [4.78, 5) is 15.1. The molecule has 2 rings (SSSR count). The SMILES string of the molecule is CN(Cc1cc(Br)cs1)C(=O)c1ccc(C(N)=NO)cc1. The number of nitrogens with zero attached hydrogens (tertiary/aromatic N) is 2. The molecule has 3 N–H and O–H groups in total. The molecule has 2 aromatic rings. The van der Waals surface area contributed by atoms with Crippen molar-refractivity contribution in [2.45, 2.75) is 6.54 Å². The third-order valence-electron chi connectivity index (χ3n) is 2.90. The van der Waals surface area contributed by atoms with Crippen LogP contribution in [0, 0.1) is 0 Å². The Morgan fingerprint density at radius 1 is 1.38 bits per heavy atom. The third-order valence-corrected chi connectivity index (χ3v) is 4.58. The first-order valence-electron chi connectivity index (χ1n) is 6.07. The van der Waals surface area contributed by atoms with Crippen LogP contribution in [0.4, 0.5) is 0 Å². The van der Waals surface area contributed by atoms with Crippen LogP contribution in [-0.4, -0.2) is 28.9 Å². The summed E-state index contributed by atoms with van der Waals surface area (Å²) < 4.78 is 1.02. The summed E-state index contributed by atoms with van der Waals surface area (Å²) in [5, 5.41) is 13.5. The van der Waals surface area contributed by atoms with Crippen LogP contribution in [0.5, 0.6) is 0 Å². The second-order valence-corrected chi connectivity index (χ2v) is 6.37. The van der Waals surface area contributed by atoms with Crippen LogP contribution < -0.4 is 5.73 Å². The number of thiophene rings is 1. The molecule has 5 nitrogen and oxygen atoms in total. The van der Waals surface area contributed by atoms with E-state index in [1.54, 1.807) is 47.5 Å². The second kappa shape index (κ2) is 6.73. The maximum atomic E-state index is 12.3. The summed E-state index contributed by atoms with van der Waals surface area (Å²) in [6.45, 7) is 0.553. The number of nitrogens with two attached hydrogens (primary N) is 1. The normalized spacial score (nSPS) is 11.4. The Bertz CT molecular complexity index is 667. The number of amidine groups is 1. The topological polar surface area (TPSA) is 78.9 Å². The van der Waals surface area contributed by atoms with Gasteiger partial charge in [-0.2, -0.15) is 0 Å². The summed E-state index contributed by atoms with van der Waals surface area (Å²) in [6, 6.07) is 8.62. The summed E-state index contributed by atoms with van der Waals surface area (Å²) in [5.41, 5.74) is 6.61. The predicted molar refractivity (Wildman–Crippen MR) is 86.8 cm³/mol. The van der Waals surface area contributed by atoms with Crippen molar-refractivity contribution in [2.75, 3.05) is 7.05 Å². The third kappa shape index (κ3) is 3.83. The predicted octanol–water partition coefficient (Wildman–Crippen LogP) is 2.88. The highest BCUT2D eigenvalue weighted by molar-refractivity contribution is 9.10. The molecule has 110 valence electrons. The van der Waals surface area contributed by atoms with Gasteiger partial charge in [-0.3, -0.25) is 4.79 Å². The largest absolute Gasteiger partial charge is 0.409 e. The number of rotatable bonds is 4. The molecule has 0 aliphatic carbocycles. The monoisotopic (exact) mass is 367 g/mol. The highest BCUT2D eigenvalue weighted by atomic mass is 79.9. The standard InChI is InChI=1S/C14H14BrN3O2S/c1-18(7-12-6-11(15)8-21-12)14(19)10-4-2-9(3-5-10)13(16)17-20/h2-6,8,20H,7H2,1H3,(H2,16,17). The molecule has 1 heterocycles. The summed E-state index contributed by atoms with van der Waals surface area (Å²) >= 11 is 4.99. The van der Waals surface area contributed by atoms with Gasteiger partial charge in [0.1, 0.15) is 0 Å². The van der Waals surface area contributed by atoms with Crippen molar-refractivity contribution in [2.24, 2.45) is 10.9 Å². The first-order valence-corrected chi connectivity index (χ1v) is 7.75. The molecule has 7 heteroatoms. The van der Waals surface area contributed by atoms with Crippen molar-refractivity contribution < 1.29 is 10.0 Å². The summed E-state index contributed by atoms with van der Waals surface area (Å²) in [7, 11) is 1.76. The molecule has 1 aromatic carbocycles. The molecule has 0 spiro atoms. The van der Waals surface area contributed by atoms with Gasteiger partial charge < -0.3 is 15.8 Å². The number of benzene rings is 1. The zero-order valence-electron chi connectivity index (χ0n) is 11.3. The van der Waals surface area contributed by atoms with Crippen LogP contribution in [0.25, 0.3) is 0 Å². The fraction of sp³-hybridized carbons (Fsp3) is 0.143. The van der Waals surface area contributed by atoms with Gasteiger partial charge >= 0.3 is 0 Å². The van der Waals surface area contributed by atoms with E-state index in [9.17, 15) is 4.79 Å². The molecule has 21 heavy (non-hydrogen) atoms. The van der Waals surface area contributed by atoms with E-state index in [0.29, 0.717) is 17.7 Å². The zero-order valence-corrected chi connectivity index (χ0v) is 13.7. The average Bonchev–Trinajstić information content (AvgIpc) is 2.90. The van der Waals surface area contributed by atoms with Crippen molar-refractivity contribution in [1.29, 1.82) is 0 Å². The van der Waals surface area contributed by atoms with E-state index in [-0.39, 0.29) is 11.7 Å². The first-order chi connectivity index (χ1) is 10.0. The number of halogens is 1. The van der Waals surface area contributed by atoms with Gasteiger partial charge in [0.15, 0.2) is 5.84 Å². The number of carbonyl (C=O) groups is 1. The fourth-order valence-electron chi connectivity index (χ4n) is 1.80. The molecule has 0 saturated heterocycles. The molecule has 0 unspecified atom stereocenters. The van der Waals surface area contributed by atoms with Crippen LogP contribution in [0.1, 0.15) is 20.8 Å². The molecule has 0 aliphatic heterocycles. The van der Waals surface area contributed by atoms with Gasteiger partial charge in [0.05, 0.1) is 6.54 Å². The van der Waals surface area contributed by atoms with Gasteiger partial charge in [-0.05, 0) is 34.1 Å². The van der Waals surface area contributed by atoms with E-state index >= 15 is 0 Å². The molecule has 0 radical (unpaired) electrons. The van der Waals surface area contributed by atoms with Crippen molar-refractivity contribution in [3.05, 3.63) is 56.2 Å².